The minimum atomic E-state index is 0.558. The van der Waals surface area contributed by atoms with Crippen LogP contribution in [0.1, 0.15) is 80.9 Å². The third-order valence-corrected chi connectivity index (χ3v) is 10.7. The summed E-state index contributed by atoms with van der Waals surface area (Å²) in [6.45, 7) is 2.40. The molecule has 1 saturated heterocycles. The number of aliphatic hydroxyl groups is 1. The highest BCUT2D eigenvalue weighted by Gasteiger charge is 2.36. The van der Waals surface area contributed by atoms with Crippen molar-refractivity contribution < 1.29 is 5.11 Å². The van der Waals surface area contributed by atoms with E-state index < -0.39 is 0 Å². The van der Waals surface area contributed by atoms with Crippen LogP contribution in [0, 0.1) is 11.8 Å². The first-order valence-corrected chi connectivity index (χ1v) is 14.3. The molecule has 0 unspecified atom stereocenters. The lowest BCUT2D eigenvalue weighted by Crippen LogP contribution is -2.47. The molecule has 5 heteroatoms. The van der Waals surface area contributed by atoms with Crippen molar-refractivity contribution in [2.45, 2.75) is 77.2 Å². The average molecular weight is 448 g/mol. The number of anilines is 1. The third kappa shape index (κ3) is 4.17. The van der Waals surface area contributed by atoms with Crippen LogP contribution in [0.15, 0.2) is 12.1 Å². The molecule has 3 heterocycles. The molecule has 2 nitrogen and oxygen atoms in total. The van der Waals surface area contributed by atoms with Crippen molar-refractivity contribution in [1.82, 2.24) is 0 Å². The standard InChI is InChI=1S/C24H33NOS3/c1-16-7-9-18(10-8-16)23-25(19-11-13-27-14-12-19)20-15-21(17-5-3-2-4-6-17)28-22(20)24(26)29-23/h5,15-16,18-19,26H,2-4,6-14H2,1H3. The van der Waals surface area contributed by atoms with E-state index in [0.29, 0.717) is 17.0 Å². The van der Waals surface area contributed by atoms with Crippen molar-refractivity contribution >= 4 is 55.3 Å². The summed E-state index contributed by atoms with van der Waals surface area (Å²) in [4.78, 5) is 6.70. The van der Waals surface area contributed by atoms with Gasteiger partial charge in [-0.3, -0.25) is 0 Å². The molecule has 1 N–H and O–H groups in total. The Balaban J connectivity index is 1.54. The van der Waals surface area contributed by atoms with E-state index in [4.69, 9.17) is 0 Å². The normalized spacial score (nSPS) is 28.8. The van der Waals surface area contributed by atoms with Crippen LogP contribution in [-0.4, -0.2) is 32.7 Å². The second-order valence-electron chi connectivity index (χ2n) is 9.22. The molecule has 1 aromatic heterocycles. The number of hydrogen-bond acceptors (Lipinski definition) is 3. The zero-order valence-corrected chi connectivity index (χ0v) is 19.9. The molecule has 0 amide bonds. The fourth-order valence-corrected chi connectivity index (χ4v) is 8.89. The van der Waals surface area contributed by atoms with Gasteiger partial charge in [0.05, 0.1) is 15.6 Å². The molecule has 4 aliphatic rings. The molecule has 5 rings (SSSR count). The molecule has 2 aliphatic carbocycles. The van der Waals surface area contributed by atoms with Gasteiger partial charge in [0.15, 0.2) is 0 Å². The Kier molecular flexibility index (Phi) is 6.29. The molecule has 1 saturated carbocycles. The number of rotatable bonds is 3. The van der Waals surface area contributed by atoms with Crippen molar-refractivity contribution in [3.8, 4) is 0 Å². The molecule has 29 heavy (non-hydrogen) atoms. The lowest BCUT2D eigenvalue weighted by molar-refractivity contribution is 0.342. The van der Waals surface area contributed by atoms with Gasteiger partial charge in [0.25, 0.3) is 0 Å². The van der Waals surface area contributed by atoms with E-state index in [0.717, 1.165) is 10.8 Å². The molecule has 0 atom stereocenters. The molecular formula is C24H33NOS3. The van der Waals surface area contributed by atoms with Gasteiger partial charge < -0.3 is 10.0 Å². The van der Waals surface area contributed by atoms with Crippen molar-refractivity contribution in [2.24, 2.45) is 11.8 Å². The van der Waals surface area contributed by atoms with Crippen molar-refractivity contribution in [1.29, 1.82) is 0 Å². The van der Waals surface area contributed by atoms with Gasteiger partial charge in [-0.05, 0) is 80.4 Å². The third-order valence-electron chi connectivity index (χ3n) is 7.13. The molecule has 2 aliphatic heterocycles. The van der Waals surface area contributed by atoms with Crippen LogP contribution >= 0.6 is 34.0 Å². The molecular weight excluding hydrogens is 414 g/mol. The molecule has 158 valence electrons. The van der Waals surface area contributed by atoms with E-state index in [1.54, 1.807) is 10.9 Å². The van der Waals surface area contributed by atoms with E-state index in [9.17, 15) is 5.11 Å². The molecule has 0 bridgehead atoms. The zero-order chi connectivity index (χ0) is 19.8. The van der Waals surface area contributed by atoms with Gasteiger partial charge >= 0.3 is 0 Å². The Bertz CT molecular complexity index is 849. The highest BCUT2D eigenvalue weighted by atomic mass is 32.2. The average Bonchev–Trinajstić information content (AvgIpc) is 3.21. The van der Waals surface area contributed by atoms with Crippen LogP contribution in [-0.2, 0) is 0 Å². The number of nitrogens with zero attached hydrogens (tertiary/aromatic N) is 1. The first-order valence-electron chi connectivity index (χ1n) is 11.5. The predicted octanol–water partition coefficient (Wildman–Crippen LogP) is 7.15. The van der Waals surface area contributed by atoms with E-state index in [1.165, 1.54) is 96.8 Å². The number of thioether (sulfide) groups is 1. The van der Waals surface area contributed by atoms with Crippen molar-refractivity contribution in [2.75, 3.05) is 16.4 Å². The first-order chi connectivity index (χ1) is 14.2. The SMILES string of the molecule is CC1CCC(C2=S=C(O)c3sc(C4=CCCCC4)cc3N2C2CCSCC2)CC1. The molecule has 0 aromatic carbocycles. The van der Waals surface area contributed by atoms with E-state index in [1.807, 2.05) is 11.3 Å². The maximum atomic E-state index is 11.1. The van der Waals surface area contributed by atoms with Gasteiger partial charge in [0, 0.05) is 16.8 Å². The van der Waals surface area contributed by atoms with Gasteiger partial charge in [0.2, 0.25) is 0 Å². The maximum absolute atomic E-state index is 11.1. The minimum Gasteiger partial charge on any atom is -0.351 e. The monoisotopic (exact) mass is 447 g/mol. The van der Waals surface area contributed by atoms with Crippen LogP contribution in [0.3, 0.4) is 0 Å². The summed E-state index contributed by atoms with van der Waals surface area (Å²) < 4.78 is 0. The number of aliphatic hydroxyl groups excluding tert-OH is 1. The second kappa shape index (κ2) is 8.94. The molecule has 2 fully saturated rings. The summed E-state index contributed by atoms with van der Waals surface area (Å²) in [6.07, 6.45) is 15.3. The quantitative estimate of drug-likeness (QED) is 0.498. The second-order valence-corrected chi connectivity index (χ2v) is 12.5. The van der Waals surface area contributed by atoms with Gasteiger partial charge in [-0.15, -0.1) is 11.3 Å². The summed E-state index contributed by atoms with van der Waals surface area (Å²) in [5.41, 5.74) is 2.83. The van der Waals surface area contributed by atoms with Crippen molar-refractivity contribution in [3.05, 3.63) is 21.9 Å². The Hall–Kier alpha value is -0.490. The zero-order valence-electron chi connectivity index (χ0n) is 17.5. The Morgan fingerprint density at radius 1 is 1.03 bits per heavy atom. The minimum absolute atomic E-state index is 0.558. The number of allylic oxidation sites excluding steroid dienone is 2. The summed E-state index contributed by atoms with van der Waals surface area (Å²) in [5, 5.41) is 11.6. The summed E-state index contributed by atoms with van der Waals surface area (Å²) in [5.74, 6) is 4.03. The topological polar surface area (TPSA) is 23.5 Å². The van der Waals surface area contributed by atoms with Crippen LogP contribution in [0.4, 0.5) is 5.69 Å². The summed E-state index contributed by atoms with van der Waals surface area (Å²) >= 11 is 3.94. The fourth-order valence-electron chi connectivity index (χ4n) is 5.35. The lowest BCUT2D eigenvalue weighted by atomic mass is 9.82. The van der Waals surface area contributed by atoms with Crippen molar-refractivity contribution in [3.63, 3.8) is 0 Å². The largest absolute Gasteiger partial charge is 0.351 e. The van der Waals surface area contributed by atoms with Crippen LogP contribution in [0.5, 0.6) is 0 Å². The molecule has 1 aromatic rings. The van der Waals surface area contributed by atoms with Gasteiger partial charge in [-0.2, -0.15) is 11.8 Å². The summed E-state index contributed by atoms with van der Waals surface area (Å²) in [7, 11) is 1.70. The predicted molar refractivity (Wildman–Crippen MR) is 134 cm³/mol. The highest BCUT2D eigenvalue weighted by molar-refractivity contribution is 7.99. The smallest absolute Gasteiger partial charge is 0.147 e. The van der Waals surface area contributed by atoms with Gasteiger partial charge in [0.1, 0.15) is 5.05 Å². The first kappa shape index (κ1) is 20.4. The molecule has 0 spiro atoms. The van der Waals surface area contributed by atoms with E-state index >= 15 is 0 Å². The van der Waals surface area contributed by atoms with Crippen LogP contribution in [0.25, 0.3) is 5.57 Å². The van der Waals surface area contributed by atoms with Crippen LogP contribution in [0.2, 0.25) is 0 Å². The van der Waals surface area contributed by atoms with Crippen LogP contribution < -0.4 is 4.90 Å². The van der Waals surface area contributed by atoms with E-state index in [-0.39, 0.29) is 0 Å². The fraction of sp³-hybridized carbons (Fsp3) is 0.667. The van der Waals surface area contributed by atoms with Gasteiger partial charge in [-0.1, -0.05) is 36.8 Å². The van der Waals surface area contributed by atoms with E-state index in [2.05, 4.69) is 35.7 Å². The number of hydrogen-bond donors (Lipinski definition) is 1. The van der Waals surface area contributed by atoms with Gasteiger partial charge in [-0.25, -0.2) is 0 Å². The lowest BCUT2D eigenvalue weighted by Gasteiger charge is -2.41. The summed E-state index contributed by atoms with van der Waals surface area (Å²) in [6, 6.07) is 3.04. The number of thiophene rings is 1. The maximum Gasteiger partial charge on any atom is 0.147 e. The Morgan fingerprint density at radius 3 is 2.55 bits per heavy atom. The molecule has 0 radical (unpaired) electrons. The highest BCUT2D eigenvalue weighted by Crippen LogP contribution is 2.44. The Morgan fingerprint density at radius 2 is 1.83 bits per heavy atom. The number of fused-ring (bicyclic) bond motifs is 1. The Labute approximate surface area is 187 Å².